The van der Waals surface area contributed by atoms with Crippen molar-refractivity contribution in [3.63, 3.8) is 0 Å². The average Bonchev–Trinajstić information content (AvgIpc) is 1.82. The Bertz CT molecular complexity index is 153. The molecule has 0 aliphatic heterocycles. The number of rotatable bonds is 3. The first kappa shape index (κ1) is 13.3. The summed E-state index contributed by atoms with van der Waals surface area (Å²) in [7, 11) is 0. The fourth-order valence-corrected chi connectivity index (χ4v) is 0.835. The molecule has 66 valence electrons. The third-order valence-electron chi connectivity index (χ3n) is 0.783. The van der Waals surface area contributed by atoms with Crippen LogP contribution in [-0.4, -0.2) is 28.0 Å². The maximum atomic E-state index is 10.3. The summed E-state index contributed by atoms with van der Waals surface area (Å²) in [6, 6.07) is -0.936. The van der Waals surface area contributed by atoms with Gasteiger partial charge in [0, 0.05) is 12.7 Å². The van der Waals surface area contributed by atoms with Gasteiger partial charge in [0.05, 0.1) is 0 Å². The number of thioether (sulfide) groups is 1. The van der Waals surface area contributed by atoms with Gasteiger partial charge in [-0.1, -0.05) is 11.8 Å². The van der Waals surface area contributed by atoms with Gasteiger partial charge in [0.1, 0.15) is 6.04 Å². The van der Waals surface area contributed by atoms with Crippen LogP contribution in [0.15, 0.2) is 0 Å². The van der Waals surface area contributed by atoms with Gasteiger partial charge in [0.25, 0.3) is 0 Å². The standard InChI is InChI=1S/C5H9NO3S.ClH/c1-3(7)10-2-4(6)5(8)9;/h4H,2,6H2,1H3,(H,8,9);1H. The number of carboxylic acid groups (broad SMARTS) is 1. The molecule has 0 aromatic rings. The van der Waals surface area contributed by atoms with Crippen LogP contribution in [-0.2, 0) is 9.59 Å². The molecule has 0 aromatic carbocycles. The highest BCUT2D eigenvalue weighted by molar-refractivity contribution is 8.13. The number of hydrogen-bond acceptors (Lipinski definition) is 4. The highest BCUT2D eigenvalue weighted by atomic mass is 35.5. The number of aliphatic carboxylic acids is 1. The Balaban J connectivity index is 0. The summed E-state index contributed by atoms with van der Waals surface area (Å²) in [6.07, 6.45) is 0. The van der Waals surface area contributed by atoms with Gasteiger partial charge in [-0.05, 0) is 0 Å². The van der Waals surface area contributed by atoms with Crippen LogP contribution in [0.3, 0.4) is 0 Å². The van der Waals surface area contributed by atoms with E-state index in [9.17, 15) is 9.59 Å². The van der Waals surface area contributed by atoms with Crippen molar-refractivity contribution in [3.05, 3.63) is 0 Å². The number of hydrogen-bond donors (Lipinski definition) is 2. The van der Waals surface area contributed by atoms with Crippen molar-refractivity contribution in [2.75, 3.05) is 5.75 Å². The third kappa shape index (κ3) is 7.64. The second-order valence-electron chi connectivity index (χ2n) is 1.75. The summed E-state index contributed by atoms with van der Waals surface area (Å²) in [4.78, 5) is 20.3. The minimum atomic E-state index is -1.08. The second kappa shape index (κ2) is 6.45. The smallest absolute Gasteiger partial charge is 0.321 e. The summed E-state index contributed by atoms with van der Waals surface area (Å²) in [5.74, 6) is -0.932. The van der Waals surface area contributed by atoms with E-state index in [-0.39, 0.29) is 23.3 Å². The molecule has 0 aliphatic rings. The van der Waals surface area contributed by atoms with E-state index in [1.54, 1.807) is 0 Å². The number of nitrogens with two attached hydrogens (primary N) is 1. The van der Waals surface area contributed by atoms with Gasteiger partial charge in [0.15, 0.2) is 5.12 Å². The van der Waals surface area contributed by atoms with Crippen molar-refractivity contribution in [2.45, 2.75) is 13.0 Å². The van der Waals surface area contributed by atoms with Crippen LogP contribution in [0.2, 0.25) is 0 Å². The Labute approximate surface area is 74.9 Å². The fraction of sp³-hybridized carbons (Fsp3) is 0.600. The van der Waals surface area contributed by atoms with Gasteiger partial charge >= 0.3 is 5.97 Å². The average molecular weight is 200 g/mol. The molecular weight excluding hydrogens is 190 g/mol. The van der Waals surface area contributed by atoms with Gasteiger partial charge in [0.2, 0.25) is 0 Å². The summed E-state index contributed by atoms with van der Waals surface area (Å²) in [5.41, 5.74) is 5.09. The van der Waals surface area contributed by atoms with Crippen LogP contribution in [0.4, 0.5) is 0 Å². The first-order valence-corrected chi connectivity index (χ1v) is 3.64. The summed E-state index contributed by atoms with van der Waals surface area (Å²) in [6.45, 7) is 1.37. The minimum absolute atomic E-state index is 0. The lowest BCUT2D eigenvalue weighted by Crippen LogP contribution is -2.32. The minimum Gasteiger partial charge on any atom is -0.480 e. The highest BCUT2D eigenvalue weighted by Crippen LogP contribution is 2.01. The Morgan fingerprint density at radius 1 is 1.64 bits per heavy atom. The molecule has 1 atom stereocenters. The molecule has 0 bridgehead atoms. The monoisotopic (exact) mass is 199 g/mol. The molecule has 0 spiro atoms. The molecule has 0 aliphatic carbocycles. The number of carbonyl (C=O) groups is 2. The van der Waals surface area contributed by atoms with Gasteiger partial charge in [-0.3, -0.25) is 9.59 Å². The van der Waals surface area contributed by atoms with Crippen molar-refractivity contribution >= 4 is 35.3 Å². The maximum absolute atomic E-state index is 10.3. The third-order valence-corrected chi connectivity index (χ3v) is 1.72. The molecule has 3 N–H and O–H groups in total. The van der Waals surface area contributed by atoms with Crippen LogP contribution in [0.1, 0.15) is 6.92 Å². The highest BCUT2D eigenvalue weighted by Gasteiger charge is 2.11. The topological polar surface area (TPSA) is 80.4 Å². The van der Waals surface area contributed by atoms with Crippen molar-refractivity contribution in [2.24, 2.45) is 5.73 Å². The number of halogens is 1. The molecule has 0 fully saturated rings. The van der Waals surface area contributed by atoms with E-state index in [1.165, 1.54) is 6.92 Å². The fourth-order valence-electron chi connectivity index (χ4n) is 0.278. The lowest BCUT2D eigenvalue weighted by Gasteiger charge is -2.01. The Kier molecular flexibility index (Phi) is 7.82. The maximum Gasteiger partial charge on any atom is 0.321 e. The van der Waals surface area contributed by atoms with Crippen LogP contribution in [0.25, 0.3) is 0 Å². The molecular formula is C5H10ClNO3S. The Hall–Kier alpha value is -0.260. The number of carbonyl (C=O) groups excluding carboxylic acids is 1. The normalized spacial score (nSPS) is 11.5. The predicted molar refractivity (Wildman–Crippen MR) is 46.0 cm³/mol. The quantitative estimate of drug-likeness (QED) is 0.674. The van der Waals surface area contributed by atoms with E-state index in [0.29, 0.717) is 0 Å². The van der Waals surface area contributed by atoms with Gasteiger partial charge < -0.3 is 10.8 Å². The van der Waals surface area contributed by atoms with E-state index in [1.807, 2.05) is 0 Å². The summed E-state index contributed by atoms with van der Waals surface area (Å²) in [5, 5.41) is 8.13. The molecule has 6 heteroatoms. The van der Waals surface area contributed by atoms with Crippen LogP contribution in [0.5, 0.6) is 0 Å². The van der Waals surface area contributed by atoms with Gasteiger partial charge in [-0.2, -0.15) is 0 Å². The molecule has 0 radical (unpaired) electrons. The molecule has 4 nitrogen and oxygen atoms in total. The first-order valence-electron chi connectivity index (χ1n) is 2.65. The van der Waals surface area contributed by atoms with Crippen molar-refractivity contribution in [1.82, 2.24) is 0 Å². The van der Waals surface area contributed by atoms with E-state index in [4.69, 9.17) is 10.8 Å². The van der Waals surface area contributed by atoms with Crippen LogP contribution < -0.4 is 5.73 Å². The van der Waals surface area contributed by atoms with Gasteiger partial charge in [-0.15, -0.1) is 12.4 Å². The Morgan fingerprint density at radius 2 is 2.09 bits per heavy atom. The second-order valence-corrected chi connectivity index (χ2v) is 2.94. The van der Waals surface area contributed by atoms with E-state index in [0.717, 1.165) is 11.8 Å². The largest absolute Gasteiger partial charge is 0.480 e. The number of carboxylic acids is 1. The zero-order valence-corrected chi connectivity index (χ0v) is 7.58. The van der Waals surface area contributed by atoms with Crippen LogP contribution in [0, 0.1) is 0 Å². The van der Waals surface area contributed by atoms with Gasteiger partial charge in [-0.25, -0.2) is 0 Å². The first-order chi connectivity index (χ1) is 4.54. The molecule has 0 saturated heterocycles. The van der Waals surface area contributed by atoms with Crippen molar-refractivity contribution < 1.29 is 14.7 Å². The Morgan fingerprint density at radius 3 is 2.36 bits per heavy atom. The molecule has 0 amide bonds. The van der Waals surface area contributed by atoms with E-state index < -0.39 is 12.0 Å². The zero-order valence-electron chi connectivity index (χ0n) is 5.94. The molecule has 1 unspecified atom stereocenters. The molecule has 0 aromatic heterocycles. The lowest BCUT2D eigenvalue weighted by atomic mass is 10.4. The van der Waals surface area contributed by atoms with Crippen molar-refractivity contribution in [1.29, 1.82) is 0 Å². The molecule has 0 saturated carbocycles. The van der Waals surface area contributed by atoms with Crippen LogP contribution >= 0.6 is 24.2 Å². The SMILES string of the molecule is CC(=O)SCC(N)C(=O)O.Cl. The summed E-state index contributed by atoms with van der Waals surface area (Å²) >= 11 is 0.923. The lowest BCUT2D eigenvalue weighted by molar-refractivity contribution is -0.137. The van der Waals surface area contributed by atoms with E-state index >= 15 is 0 Å². The predicted octanol–water partition coefficient (Wildman–Crippen LogP) is 0.0998. The summed E-state index contributed by atoms with van der Waals surface area (Å²) < 4.78 is 0. The van der Waals surface area contributed by atoms with E-state index in [2.05, 4.69) is 0 Å². The molecule has 0 rings (SSSR count). The molecule has 0 heterocycles. The van der Waals surface area contributed by atoms with Crippen molar-refractivity contribution in [3.8, 4) is 0 Å². The molecule has 11 heavy (non-hydrogen) atoms. The zero-order chi connectivity index (χ0) is 8.15.